The van der Waals surface area contributed by atoms with E-state index in [1.54, 1.807) is 121 Å². The van der Waals surface area contributed by atoms with Crippen LogP contribution in [-0.2, 0) is 75.8 Å². The number of hydrogen-bond acceptors (Lipinski definition) is 20. The number of aliphatic hydroxyl groups excluding tert-OH is 1. The Kier molecular flexibility index (Phi) is 15.2. The van der Waals surface area contributed by atoms with Gasteiger partial charge in [-0.3, -0.25) is 14.4 Å². The predicted molar refractivity (Wildman–Crippen MR) is 328 cm³/mol. The van der Waals surface area contributed by atoms with Crippen LogP contribution in [0.4, 0.5) is 0 Å². The Labute approximate surface area is 530 Å². The fourth-order valence-electron chi connectivity index (χ4n) is 11.3. The minimum atomic E-state index is -2.84. The molecule has 4 aliphatic rings. The number of thiophene rings is 2. The highest BCUT2D eigenvalue weighted by molar-refractivity contribution is 7.17. The van der Waals surface area contributed by atoms with Crippen LogP contribution < -0.4 is 9.47 Å². The number of allylic oxidation sites excluding steroid dienone is 1. The molecule has 2 aromatic heterocycles. The average Bonchev–Trinajstić information content (AvgIpc) is 1.36. The van der Waals surface area contributed by atoms with Gasteiger partial charge in [-0.15, -0.1) is 22.7 Å². The first kappa shape index (κ1) is 58.8. The molecule has 0 saturated carbocycles. The number of ketones is 3. The van der Waals surface area contributed by atoms with Crippen LogP contribution in [0.1, 0.15) is 108 Å². The van der Waals surface area contributed by atoms with Gasteiger partial charge in [0.15, 0.2) is 17.3 Å². The molecule has 4 heterocycles. The molecule has 0 saturated heterocycles. The number of carbonyl (C=O) groups excluding carboxylic acids is 7. The van der Waals surface area contributed by atoms with Gasteiger partial charge in [-0.05, 0) is 88.5 Å². The molecule has 1 unspecified atom stereocenters. The van der Waals surface area contributed by atoms with Crippen molar-refractivity contribution in [3.05, 3.63) is 269 Å². The van der Waals surface area contributed by atoms with E-state index in [4.69, 9.17) is 28.4 Å². The Bertz CT molecular complexity index is 4760. The normalized spacial score (nSPS) is 15.2. The molecule has 0 spiro atoms. The third-order valence-corrected chi connectivity index (χ3v) is 18.1. The molecule has 0 fully saturated rings. The molecular weight excluding hydrogens is 1210 g/mol. The lowest BCUT2D eigenvalue weighted by Gasteiger charge is -2.37. The number of rotatable bonds is 14. The van der Waals surface area contributed by atoms with Gasteiger partial charge in [0.05, 0.1) is 27.8 Å². The Hall–Kier alpha value is -12.2. The summed E-state index contributed by atoms with van der Waals surface area (Å²) in [6.07, 6.45) is 0.975. The van der Waals surface area contributed by atoms with Gasteiger partial charge < -0.3 is 33.5 Å². The van der Waals surface area contributed by atoms with Crippen molar-refractivity contribution < 1.29 is 67.1 Å². The smallest absolute Gasteiger partial charge is 0.367 e. The van der Waals surface area contributed by atoms with E-state index in [0.717, 1.165) is 22.7 Å². The predicted octanol–water partition coefficient (Wildman–Crippen LogP) is 11.6. The summed E-state index contributed by atoms with van der Waals surface area (Å²) in [5, 5.41) is 51.2. The molecule has 92 heavy (non-hydrogen) atoms. The summed E-state index contributed by atoms with van der Waals surface area (Å²) in [4.78, 5) is 105. The molecule has 2 aliphatic carbocycles. The van der Waals surface area contributed by atoms with Crippen molar-refractivity contribution in [2.24, 2.45) is 0 Å². The molecule has 444 valence electrons. The van der Waals surface area contributed by atoms with Crippen molar-refractivity contribution in [1.82, 2.24) is 0 Å². The van der Waals surface area contributed by atoms with Crippen LogP contribution in [-0.4, -0.2) is 46.3 Å². The lowest BCUT2D eigenvalue weighted by Crippen LogP contribution is -2.52. The standard InChI is InChI=1S/C72H40N4O14S2/c73-31-43-21-49-50(22-44(43)32-74)62(78)55(61(49)77)25-47-27-57-65(91-47)53-30-60-54(29-59(53)89-71(57,67(81)85-35-39-13-5-1-6-14-39)68(82)86-36-40-15-7-2-8-16-40)66-58(28-48(92-66)26-56-63(79)51-23-45(33-75)46(34-76)24-52(51)64(56)80)72(90-60,69(83)87-37-41-17-9-3-10-18-41)70(84)88-38-42-19-11-4-12-20-42/h1-30,61,77H,35-38H2/b55-25-. The fraction of sp³-hybridized carbons (Fsp3) is 0.0972. The summed E-state index contributed by atoms with van der Waals surface area (Å²) in [7, 11) is 0. The van der Waals surface area contributed by atoms with E-state index in [9.17, 15) is 40.5 Å². The fourth-order valence-corrected chi connectivity index (χ4v) is 13.6. The van der Waals surface area contributed by atoms with Crippen molar-refractivity contribution in [2.45, 2.75) is 43.7 Å². The molecule has 0 bridgehead atoms. The zero-order valence-corrected chi connectivity index (χ0v) is 49.2. The van der Waals surface area contributed by atoms with Gasteiger partial charge in [-0.2, -0.15) is 21.0 Å². The highest BCUT2D eigenvalue weighted by Crippen LogP contribution is 2.58. The summed E-state index contributed by atoms with van der Waals surface area (Å²) >= 11 is 1.82. The topological polar surface area (TPSA) is 290 Å². The van der Waals surface area contributed by atoms with E-state index >= 15 is 19.2 Å². The zero-order chi connectivity index (χ0) is 64.0. The number of nitriles is 4. The van der Waals surface area contributed by atoms with E-state index < -0.39 is 58.5 Å². The molecular formula is C72H40N4O14S2. The summed E-state index contributed by atoms with van der Waals surface area (Å²) in [5.74, 6) is -7.58. The minimum absolute atomic E-state index is 0.0308. The Balaban J connectivity index is 1.02. The van der Waals surface area contributed by atoms with E-state index in [1.807, 2.05) is 24.3 Å². The maximum absolute atomic E-state index is 15.4. The molecule has 9 aromatic rings. The third kappa shape index (κ3) is 10.0. The summed E-state index contributed by atoms with van der Waals surface area (Å²) in [6, 6.07) is 52.4. The SMILES string of the molecule is N#Cc1cc2c(cc1C#N)C(=O)C(=Cc1cc3c(s1)-c1cc4c(cc1OC3(C(=O)OCc1ccccc1)C(=O)OCc1ccccc1)-c1sc(/C=C3\C(=O)c5cc(C#N)c(C#N)cc5C3O)cc1C(C(=O)OCc1ccccc1)(C(=O)OCc1ccccc1)O4)C2=O. The number of aliphatic hydroxyl groups is 1. The second-order valence-corrected chi connectivity index (χ2v) is 23.5. The quantitative estimate of drug-likeness (QED) is 0.0348. The number of nitrogens with zero attached hydrogens (tertiary/aromatic N) is 4. The van der Waals surface area contributed by atoms with E-state index in [-0.39, 0.29) is 135 Å². The lowest BCUT2D eigenvalue weighted by atomic mass is 9.85. The van der Waals surface area contributed by atoms with E-state index in [0.29, 0.717) is 22.3 Å². The van der Waals surface area contributed by atoms with Crippen LogP contribution in [0.5, 0.6) is 11.5 Å². The Morgan fingerprint density at radius 3 is 1.14 bits per heavy atom. The van der Waals surface area contributed by atoms with Crippen molar-refractivity contribution in [2.75, 3.05) is 0 Å². The van der Waals surface area contributed by atoms with Crippen LogP contribution in [0.25, 0.3) is 33.0 Å². The van der Waals surface area contributed by atoms with Crippen LogP contribution in [0, 0.1) is 45.3 Å². The average molecular weight is 1250 g/mol. The van der Waals surface area contributed by atoms with Crippen molar-refractivity contribution in [3.8, 4) is 56.7 Å². The highest BCUT2D eigenvalue weighted by atomic mass is 32.1. The molecule has 2 aliphatic heterocycles. The summed E-state index contributed by atoms with van der Waals surface area (Å²) in [6.45, 7) is -1.45. The van der Waals surface area contributed by atoms with Gasteiger partial charge in [0.1, 0.15) is 68.3 Å². The van der Waals surface area contributed by atoms with E-state index in [2.05, 4.69) is 0 Å². The molecule has 0 amide bonds. The van der Waals surface area contributed by atoms with Gasteiger partial charge in [0.25, 0.3) is 0 Å². The van der Waals surface area contributed by atoms with Crippen LogP contribution in [0.15, 0.2) is 181 Å². The second-order valence-electron chi connectivity index (χ2n) is 21.4. The van der Waals surface area contributed by atoms with Crippen molar-refractivity contribution >= 4 is 76.1 Å². The van der Waals surface area contributed by atoms with Gasteiger partial charge >= 0.3 is 35.1 Å². The second kappa shape index (κ2) is 23.7. The van der Waals surface area contributed by atoms with Crippen molar-refractivity contribution in [3.63, 3.8) is 0 Å². The number of Topliss-reactive ketones (excluding diaryl/α,β-unsaturated/α-hetero) is 3. The van der Waals surface area contributed by atoms with E-state index in [1.165, 1.54) is 60.7 Å². The first-order valence-electron chi connectivity index (χ1n) is 28.1. The Morgan fingerprint density at radius 1 is 0.446 bits per heavy atom. The molecule has 1 atom stereocenters. The first-order chi connectivity index (χ1) is 44.7. The van der Waals surface area contributed by atoms with Crippen LogP contribution >= 0.6 is 22.7 Å². The highest BCUT2D eigenvalue weighted by Gasteiger charge is 2.61. The summed E-state index contributed by atoms with van der Waals surface area (Å²) in [5.41, 5.74) is -4.94. The number of fused-ring (bicyclic) bond motifs is 8. The molecule has 0 radical (unpaired) electrons. The molecule has 13 rings (SSSR count). The molecule has 7 aromatic carbocycles. The maximum Gasteiger partial charge on any atom is 0.367 e. The minimum Gasteiger partial charge on any atom is -0.459 e. The zero-order valence-electron chi connectivity index (χ0n) is 47.6. The van der Waals surface area contributed by atoms with Gasteiger partial charge in [-0.25, -0.2) is 19.2 Å². The number of hydrogen-bond donors (Lipinski definition) is 1. The number of esters is 4. The van der Waals surface area contributed by atoms with Crippen LogP contribution in [0.2, 0.25) is 0 Å². The number of carbonyl (C=O) groups is 7. The third-order valence-electron chi connectivity index (χ3n) is 15.8. The monoisotopic (exact) mass is 1250 g/mol. The number of benzene rings is 7. The summed E-state index contributed by atoms with van der Waals surface area (Å²) < 4.78 is 37.8. The van der Waals surface area contributed by atoms with Crippen LogP contribution in [0.3, 0.4) is 0 Å². The molecule has 1 N–H and O–H groups in total. The molecule has 18 nitrogen and oxygen atoms in total. The first-order valence-corrected chi connectivity index (χ1v) is 29.7. The van der Waals surface area contributed by atoms with Gasteiger partial charge in [-0.1, -0.05) is 121 Å². The lowest BCUT2D eigenvalue weighted by molar-refractivity contribution is -0.185. The molecule has 20 heteroatoms. The van der Waals surface area contributed by atoms with Gasteiger partial charge in [0.2, 0.25) is 0 Å². The number of ether oxygens (including phenoxy) is 6. The largest absolute Gasteiger partial charge is 0.459 e. The maximum atomic E-state index is 15.4. The van der Waals surface area contributed by atoms with Crippen molar-refractivity contribution in [1.29, 1.82) is 21.0 Å². The Morgan fingerprint density at radius 2 is 0.783 bits per heavy atom. The van der Waals surface area contributed by atoms with Gasteiger partial charge in [0, 0.05) is 64.0 Å².